The number of hydrogen-bond donors (Lipinski definition) is 1. The zero-order valence-electron chi connectivity index (χ0n) is 14.3. The van der Waals surface area contributed by atoms with E-state index in [1.807, 2.05) is 18.3 Å². The van der Waals surface area contributed by atoms with Crippen molar-refractivity contribution >= 4 is 17.2 Å². The predicted molar refractivity (Wildman–Crippen MR) is 102 cm³/mol. The van der Waals surface area contributed by atoms with E-state index in [4.69, 9.17) is 9.97 Å². The van der Waals surface area contributed by atoms with Crippen LogP contribution >= 0.6 is 11.3 Å². The number of likely N-dealkylation sites (N-methyl/N-ethyl adjacent to an activating group) is 1. The molecule has 3 aromatic heterocycles. The van der Waals surface area contributed by atoms with Crippen LogP contribution in [0.25, 0.3) is 11.4 Å². The first-order valence-corrected chi connectivity index (χ1v) is 9.42. The summed E-state index contributed by atoms with van der Waals surface area (Å²) in [6.07, 6.45) is 5.53. The minimum absolute atomic E-state index is 0.755. The van der Waals surface area contributed by atoms with Crippen LogP contribution in [-0.4, -0.2) is 40.0 Å². The van der Waals surface area contributed by atoms with Crippen molar-refractivity contribution in [3.05, 3.63) is 58.2 Å². The molecule has 0 saturated heterocycles. The SMILES string of the molecule is CN1CCc2nc(-c3cccnc3)nc(NCc3cccs3)c2CC1. The second kappa shape index (κ2) is 7.29. The smallest absolute Gasteiger partial charge is 0.163 e. The highest BCUT2D eigenvalue weighted by atomic mass is 32.1. The highest BCUT2D eigenvalue weighted by molar-refractivity contribution is 7.09. The Hall–Kier alpha value is -2.31. The van der Waals surface area contributed by atoms with Crippen LogP contribution in [0.15, 0.2) is 42.0 Å². The quantitative estimate of drug-likeness (QED) is 0.782. The molecule has 4 heterocycles. The zero-order chi connectivity index (χ0) is 17.1. The molecule has 0 saturated carbocycles. The summed E-state index contributed by atoms with van der Waals surface area (Å²) in [6, 6.07) is 8.17. The van der Waals surface area contributed by atoms with Gasteiger partial charge in [0.05, 0.1) is 12.2 Å². The lowest BCUT2D eigenvalue weighted by atomic mass is 10.1. The molecule has 0 fully saturated rings. The monoisotopic (exact) mass is 351 g/mol. The fourth-order valence-electron chi connectivity index (χ4n) is 3.07. The number of aromatic nitrogens is 3. The molecule has 5 nitrogen and oxygen atoms in total. The molecule has 3 aromatic rings. The average molecular weight is 351 g/mol. The van der Waals surface area contributed by atoms with Gasteiger partial charge in [0.25, 0.3) is 0 Å². The second-order valence-corrected chi connectivity index (χ2v) is 7.33. The van der Waals surface area contributed by atoms with Gasteiger partial charge in [-0.25, -0.2) is 9.97 Å². The Morgan fingerprint density at radius 3 is 2.88 bits per heavy atom. The van der Waals surface area contributed by atoms with Crippen molar-refractivity contribution in [3.8, 4) is 11.4 Å². The number of thiophene rings is 1. The van der Waals surface area contributed by atoms with Gasteiger partial charge in [0.1, 0.15) is 5.82 Å². The molecule has 0 aromatic carbocycles. The first-order chi connectivity index (χ1) is 12.3. The summed E-state index contributed by atoms with van der Waals surface area (Å²) in [5, 5.41) is 5.65. The number of pyridine rings is 1. The maximum atomic E-state index is 4.87. The third-order valence-corrected chi connectivity index (χ3v) is 5.37. The van der Waals surface area contributed by atoms with Gasteiger partial charge in [0.15, 0.2) is 5.82 Å². The molecule has 0 aliphatic carbocycles. The zero-order valence-corrected chi connectivity index (χ0v) is 15.1. The summed E-state index contributed by atoms with van der Waals surface area (Å²) in [7, 11) is 2.17. The van der Waals surface area contributed by atoms with Gasteiger partial charge in [-0.1, -0.05) is 6.07 Å². The topological polar surface area (TPSA) is 53.9 Å². The van der Waals surface area contributed by atoms with Crippen LogP contribution in [-0.2, 0) is 19.4 Å². The molecule has 1 aliphatic heterocycles. The lowest BCUT2D eigenvalue weighted by Crippen LogP contribution is -2.20. The van der Waals surface area contributed by atoms with Crippen LogP contribution in [0.1, 0.15) is 16.1 Å². The average Bonchev–Trinajstić information content (AvgIpc) is 3.10. The van der Waals surface area contributed by atoms with Gasteiger partial charge in [-0.15, -0.1) is 11.3 Å². The molecule has 1 aliphatic rings. The summed E-state index contributed by atoms with van der Waals surface area (Å²) < 4.78 is 0. The molecule has 1 N–H and O–H groups in total. The van der Waals surface area contributed by atoms with Crippen LogP contribution in [0.3, 0.4) is 0 Å². The molecule has 0 amide bonds. The third kappa shape index (κ3) is 3.70. The predicted octanol–water partition coefficient (Wildman–Crippen LogP) is 3.24. The summed E-state index contributed by atoms with van der Waals surface area (Å²) >= 11 is 1.76. The van der Waals surface area contributed by atoms with Gasteiger partial charge in [-0.3, -0.25) is 4.98 Å². The second-order valence-electron chi connectivity index (χ2n) is 6.30. The fourth-order valence-corrected chi connectivity index (χ4v) is 3.71. The number of rotatable bonds is 4. The first kappa shape index (κ1) is 16.2. The number of fused-ring (bicyclic) bond motifs is 1. The van der Waals surface area contributed by atoms with Crippen molar-refractivity contribution in [2.75, 3.05) is 25.5 Å². The van der Waals surface area contributed by atoms with Crippen LogP contribution in [0, 0.1) is 0 Å². The van der Waals surface area contributed by atoms with Gasteiger partial charge >= 0.3 is 0 Å². The Labute approximate surface area is 151 Å². The number of anilines is 1. The van der Waals surface area contributed by atoms with Crippen molar-refractivity contribution in [2.24, 2.45) is 0 Å². The first-order valence-electron chi connectivity index (χ1n) is 8.54. The van der Waals surface area contributed by atoms with Crippen LogP contribution in [0.5, 0.6) is 0 Å². The van der Waals surface area contributed by atoms with Gasteiger partial charge in [0.2, 0.25) is 0 Å². The lowest BCUT2D eigenvalue weighted by molar-refractivity contribution is 0.352. The van der Waals surface area contributed by atoms with Gasteiger partial charge < -0.3 is 10.2 Å². The highest BCUT2D eigenvalue weighted by Crippen LogP contribution is 2.26. The summed E-state index contributed by atoms with van der Waals surface area (Å²) in [5.74, 6) is 1.72. The van der Waals surface area contributed by atoms with Crippen molar-refractivity contribution in [1.82, 2.24) is 19.9 Å². The Bertz CT molecular complexity index is 833. The van der Waals surface area contributed by atoms with Gasteiger partial charge in [-0.05, 0) is 37.0 Å². The highest BCUT2D eigenvalue weighted by Gasteiger charge is 2.19. The summed E-state index contributed by atoms with van der Waals surface area (Å²) in [5.41, 5.74) is 3.38. The van der Waals surface area contributed by atoms with E-state index in [0.717, 1.165) is 55.4 Å². The Kier molecular flexibility index (Phi) is 4.72. The van der Waals surface area contributed by atoms with E-state index < -0.39 is 0 Å². The third-order valence-electron chi connectivity index (χ3n) is 4.50. The van der Waals surface area contributed by atoms with Crippen molar-refractivity contribution in [1.29, 1.82) is 0 Å². The fraction of sp³-hybridized carbons (Fsp3) is 0.316. The molecule has 6 heteroatoms. The maximum Gasteiger partial charge on any atom is 0.163 e. The number of nitrogens with one attached hydrogen (secondary N) is 1. The molecule has 0 spiro atoms. The molecule has 4 rings (SSSR count). The van der Waals surface area contributed by atoms with Crippen molar-refractivity contribution < 1.29 is 0 Å². The van der Waals surface area contributed by atoms with Crippen LogP contribution < -0.4 is 5.32 Å². The van der Waals surface area contributed by atoms with Gasteiger partial charge in [-0.2, -0.15) is 0 Å². The standard InChI is InChI=1S/C19H21N5S/c1-24-9-6-16-17(7-10-24)22-18(14-4-2-8-20-12-14)23-19(16)21-13-15-5-3-11-25-15/h2-5,8,11-12H,6-7,9-10,13H2,1H3,(H,21,22,23). The maximum absolute atomic E-state index is 4.87. The Morgan fingerprint density at radius 1 is 1.16 bits per heavy atom. The minimum Gasteiger partial charge on any atom is -0.365 e. The van der Waals surface area contributed by atoms with E-state index in [-0.39, 0.29) is 0 Å². The molecular formula is C19H21N5S. The van der Waals surface area contributed by atoms with E-state index >= 15 is 0 Å². The Morgan fingerprint density at radius 2 is 2.08 bits per heavy atom. The molecule has 0 unspecified atom stereocenters. The number of hydrogen-bond acceptors (Lipinski definition) is 6. The van der Waals surface area contributed by atoms with E-state index in [1.54, 1.807) is 17.5 Å². The van der Waals surface area contributed by atoms with E-state index in [1.165, 1.54) is 10.4 Å². The van der Waals surface area contributed by atoms with Crippen LogP contribution in [0.2, 0.25) is 0 Å². The largest absolute Gasteiger partial charge is 0.365 e. The minimum atomic E-state index is 0.755. The van der Waals surface area contributed by atoms with E-state index in [2.05, 4.69) is 39.8 Å². The Balaban J connectivity index is 1.71. The summed E-state index contributed by atoms with van der Waals surface area (Å²) in [4.78, 5) is 17.6. The lowest BCUT2D eigenvalue weighted by Gasteiger charge is -2.14. The van der Waals surface area contributed by atoms with Gasteiger partial charge in [0, 0.05) is 47.9 Å². The summed E-state index contributed by atoms with van der Waals surface area (Å²) in [6.45, 7) is 2.86. The van der Waals surface area contributed by atoms with Crippen LogP contribution in [0.4, 0.5) is 5.82 Å². The van der Waals surface area contributed by atoms with E-state index in [9.17, 15) is 0 Å². The number of nitrogens with zero attached hydrogens (tertiary/aromatic N) is 4. The molecular weight excluding hydrogens is 330 g/mol. The molecule has 0 atom stereocenters. The molecule has 128 valence electrons. The van der Waals surface area contributed by atoms with E-state index in [0.29, 0.717) is 0 Å². The normalized spacial score (nSPS) is 14.8. The van der Waals surface area contributed by atoms with Crippen molar-refractivity contribution in [2.45, 2.75) is 19.4 Å². The van der Waals surface area contributed by atoms with Crippen molar-refractivity contribution in [3.63, 3.8) is 0 Å². The molecule has 0 radical (unpaired) electrons. The molecule has 25 heavy (non-hydrogen) atoms. The molecule has 0 bridgehead atoms.